The highest BCUT2D eigenvalue weighted by Gasteiger charge is 2.47. The van der Waals surface area contributed by atoms with Crippen molar-refractivity contribution in [3.63, 3.8) is 0 Å². The van der Waals surface area contributed by atoms with Gasteiger partial charge in [-0.3, -0.25) is 9.48 Å². The van der Waals surface area contributed by atoms with E-state index in [0.717, 1.165) is 15.8 Å². The zero-order valence-electron chi connectivity index (χ0n) is 21.5. The molecular formula is C27H27F3N6O3. The Morgan fingerprint density at radius 1 is 1.08 bits per heavy atom. The van der Waals surface area contributed by atoms with Gasteiger partial charge in [0.25, 0.3) is 5.91 Å². The monoisotopic (exact) mass is 540 g/mol. The molecule has 0 radical (unpaired) electrons. The number of carbonyl (C=O) groups excluding carboxylic acids is 1. The SMILES string of the molecule is COc1ccc([C@@H]2C[C@@H](C(F)(F)F)n3nc(C(=O)Nc4ccn(Cc5ccccc5C)n4)cc3N2)cc1OC. The number of carbonyl (C=O) groups is 1. The van der Waals surface area contributed by atoms with Crippen LogP contribution in [-0.2, 0) is 6.54 Å². The summed E-state index contributed by atoms with van der Waals surface area (Å²) in [5, 5.41) is 14.1. The van der Waals surface area contributed by atoms with E-state index in [9.17, 15) is 18.0 Å². The summed E-state index contributed by atoms with van der Waals surface area (Å²) >= 11 is 0. The molecular weight excluding hydrogens is 513 g/mol. The van der Waals surface area contributed by atoms with Crippen LogP contribution in [0, 0.1) is 6.92 Å². The van der Waals surface area contributed by atoms with Crippen LogP contribution < -0.4 is 20.1 Å². The van der Waals surface area contributed by atoms with Gasteiger partial charge in [0, 0.05) is 24.8 Å². The standard InChI is InChI=1S/C27H27F3N6O3/c1-16-6-4-5-7-18(16)15-35-11-10-24(34-35)32-26(37)20-14-25-31-19(13-23(27(28,29)30)36(25)33-20)17-8-9-21(38-2)22(12-17)39-3/h4-12,14,19,23,31H,13,15H2,1-3H3,(H,32,34,37)/t19-,23-/m0/s1. The number of nitrogens with one attached hydrogen (secondary N) is 2. The number of hydrogen-bond acceptors (Lipinski definition) is 6. The largest absolute Gasteiger partial charge is 0.493 e. The van der Waals surface area contributed by atoms with Gasteiger partial charge in [0.05, 0.1) is 26.8 Å². The van der Waals surface area contributed by atoms with E-state index < -0.39 is 24.2 Å². The predicted molar refractivity (Wildman–Crippen MR) is 138 cm³/mol. The molecule has 204 valence electrons. The highest BCUT2D eigenvalue weighted by Crippen LogP contribution is 2.44. The van der Waals surface area contributed by atoms with Gasteiger partial charge < -0.3 is 20.1 Å². The van der Waals surface area contributed by atoms with Crippen LogP contribution in [0.15, 0.2) is 60.8 Å². The van der Waals surface area contributed by atoms with Gasteiger partial charge in [0.1, 0.15) is 5.82 Å². The Hall–Kier alpha value is -4.48. The van der Waals surface area contributed by atoms with Gasteiger partial charge in [-0.1, -0.05) is 30.3 Å². The first-order chi connectivity index (χ1) is 18.7. The molecule has 4 aromatic rings. The summed E-state index contributed by atoms with van der Waals surface area (Å²) in [6.45, 7) is 2.51. The maximum Gasteiger partial charge on any atom is 0.410 e. The summed E-state index contributed by atoms with van der Waals surface area (Å²) < 4.78 is 55.3. The van der Waals surface area contributed by atoms with E-state index in [1.807, 2.05) is 31.2 Å². The predicted octanol–water partition coefficient (Wildman–Crippen LogP) is 5.37. The van der Waals surface area contributed by atoms with Crippen LogP contribution in [-0.4, -0.2) is 45.9 Å². The van der Waals surface area contributed by atoms with Crippen LogP contribution in [0.25, 0.3) is 0 Å². The van der Waals surface area contributed by atoms with E-state index >= 15 is 0 Å². The summed E-state index contributed by atoms with van der Waals surface area (Å²) in [5.41, 5.74) is 2.61. The molecule has 9 nitrogen and oxygen atoms in total. The summed E-state index contributed by atoms with van der Waals surface area (Å²) in [4.78, 5) is 12.9. The van der Waals surface area contributed by atoms with Crippen LogP contribution >= 0.6 is 0 Å². The Morgan fingerprint density at radius 2 is 1.85 bits per heavy atom. The number of fused-ring (bicyclic) bond motifs is 1. The van der Waals surface area contributed by atoms with Gasteiger partial charge in [-0.05, 0) is 35.7 Å². The van der Waals surface area contributed by atoms with Gasteiger partial charge in [0.15, 0.2) is 29.1 Å². The van der Waals surface area contributed by atoms with Gasteiger partial charge in [0.2, 0.25) is 0 Å². The molecule has 12 heteroatoms. The molecule has 3 heterocycles. The molecule has 0 fully saturated rings. The van der Waals surface area contributed by atoms with Crippen LogP contribution in [0.1, 0.15) is 45.7 Å². The number of ether oxygens (including phenoxy) is 2. The highest BCUT2D eigenvalue weighted by molar-refractivity contribution is 6.02. The first-order valence-electron chi connectivity index (χ1n) is 12.2. The second kappa shape index (κ2) is 10.4. The smallest absolute Gasteiger partial charge is 0.410 e. The molecule has 2 atom stereocenters. The highest BCUT2D eigenvalue weighted by atomic mass is 19.4. The molecule has 0 saturated carbocycles. The van der Waals surface area contributed by atoms with E-state index in [1.54, 1.807) is 35.1 Å². The Labute approximate surface area is 222 Å². The average Bonchev–Trinajstić information content (AvgIpc) is 3.55. The molecule has 0 bridgehead atoms. The Balaban J connectivity index is 1.36. The maximum atomic E-state index is 14.1. The van der Waals surface area contributed by atoms with Crippen molar-refractivity contribution in [1.29, 1.82) is 0 Å². The number of alkyl halides is 3. The van der Waals surface area contributed by atoms with E-state index in [0.29, 0.717) is 23.6 Å². The number of hydrogen-bond donors (Lipinski definition) is 2. The van der Waals surface area contributed by atoms with Crippen LogP contribution in [0.5, 0.6) is 11.5 Å². The zero-order chi connectivity index (χ0) is 27.7. The lowest BCUT2D eigenvalue weighted by Gasteiger charge is -2.33. The quantitative estimate of drug-likeness (QED) is 0.328. The molecule has 2 N–H and O–H groups in total. The molecule has 2 aromatic carbocycles. The molecule has 1 amide bonds. The minimum Gasteiger partial charge on any atom is -0.493 e. The normalized spacial score (nSPS) is 16.8. The number of benzene rings is 2. The van der Waals surface area contributed by atoms with Crippen LogP contribution in [0.2, 0.25) is 0 Å². The zero-order valence-corrected chi connectivity index (χ0v) is 21.5. The molecule has 1 aliphatic heterocycles. The number of aryl methyl sites for hydroxylation is 1. The van der Waals surface area contributed by atoms with Gasteiger partial charge in [-0.15, -0.1) is 0 Å². The summed E-state index contributed by atoms with van der Waals surface area (Å²) in [5.74, 6) is 0.557. The van der Waals surface area contributed by atoms with E-state index in [-0.39, 0.29) is 23.8 Å². The number of halogens is 3. The number of aromatic nitrogens is 4. The number of rotatable bonds is 7. The topological polar surface area (TPSA) is 95.2 Å². The summed E-state index contributed by atoms with van der Waals surface area (Å²) in [6, 6.07) is 13.1. The lowest BCUT2D eigenvalue weighted by atomic mass is 9.96. The van der Waals surface area contributed by atoms with Crippen molar-refractivity contribution in [3.8, 4) is 11.5 Å². The summed E-state index contributed by atoms with van der Waals surface area (Å²) in [6.07, 6.45) is -3.19. The van der Waals surface area contributed by atoms with E-state index in [2.05, 4.69) is 20.8 Å². The van der Waals surface area contributed by atoms with Gasteiger partial charge in [-0.25, -0.2) is 4.68 Å². The van der Waals surface area contributed by atoms with Crippen molar-refractivity contribution in [2.45, 2.75) is 38.1 Å². The van der Waals surface area contributed by atoms with E-state index in [4.69, 9.17) is 9.47 Å². The molecule has 39 heavy (non-hydrogen) atoms. The lowest BCUT2D eigenvalue weighted by Crippen LogP contribution is -2.35. The fraction of sp³-hybridized carbons (Fsp3) is 0.296. The number of nitrogens with zero attached hydrogens (tertiary/aromatic N) is 4. The fourth-order valence-corrected chi connectivity index (χ4v) is 4.63. The van der Waals surface area contributed by atoms with Crippen molar-refractivity contribution < 1.29 is 27.4 Å². The molecule has 1 aliphatic rings. The van der Waals surface area contributed by atoms with E-state index in [1.165, 1.54) is 20.3 Å². The van der Waals surface area contributed by atoms with Crippen LogP contribution in [0.3, 0.4) is 0 Å². The van der Waals surface area contributed by atoms with Crippen molar-refractivity contribution in [2.24, 2.45) is 0 Å². The molecule has 0 unspecified atom stereocenters. The van der Waals surface area contributed by atoms with Crippen molar-refractivity contribution in [1.82, 2.24) is 19.6 Å². The number of amides is 1. The molecule has 2 aromatic heterocycles. The van der Waals surface area contributed by atoms with Gasteiger partial charge in [-0.2, -0.15) is 23.4 Å². The minimum absolute atomic E-state index is 0.0820. The van der Waals surface area contributed by atoms with Crippen LogP contribution in [0.4, 0.5) is 24.8 Å². The third-order valence-electron chi connectivity index (χ3n) is 6.71. The maximum absolute atomic E-state index is 14.1. The lowest BCUT2D eigenvalue weighted by molar-refractivity contribution is -0.173. The van der Waals surface area contributed by atoms with Crippen molar-refractivity contribution in [3.05, 3.63) is 83.2 Å². The Kier molecular flexibility index (Phi) is 6.94. The Bertz CT molecular complexity index is 1500. The molecule has 0 saturated heterocycles. The van der Waals surface area contributed by atoms with Crippen molar-refractivity contribution in [2.75, 3.05) is 24.9 Å². The Morgan fingerprint density at radius 3 is 2.56 bits per heavy atom. The fourth-order valence-electron chi connectivity index (χ4n) is 4.63. The number of anilines is 2. The van der Waals surface area contributed by atoms with Gasteiger partial charge >= 0.3 is 6.18 Å². The second-order valence-electron chi connectivity index (χ2n) is 9.24. The third kappa shape index (κ3) is 5.40. The molecule has 0 aliphatic carbocycles. The minimum atomic E-state index is -4.58. The third-order valence-corrected chi connectivity index (χ3v) is 6.71. The van der Waals surface area contributed by atoms with Crippen molar-refractivity contribution >= 4 is 17.5 Å². The first kappa shape index (κ1) is 26.1. The first-order valence-corrected chi connectivity index (χ1v) is 12.2. The summed E-state index contributed by atoms with van der Waals surface area (Å²) in [7, 11) is 2.94. The second-order valence-corrected chi connectivity index (χ2v) is 9.24. The molecule has 0 spiro atoms. The number of methoxy groups -OCH3 is 2. The average molecular weight is 541 g/mol. The molecule has 5 rings (SSSR count).